The Morgan fingerprint density at radius 2 is 1.86 bits per heavy atom. The molecule has 11 atom stereocenters. The first-order valence-corrected chi connectivity index (χ1v) is 13.9. The first-order chi connectivity index (χ1) is 16.9. The molecule has 3 saturated carbocycles. The molecule has 6 fully saturated rings. The monoisotopic (exact) mass is 492 g/mol. The minimum Gasteiger partial charge on any atom is -0.461 e. The molecule has 3 aliphatic heterocycles. The third-order valence-corrected chi connectivity index (χ3v) is 12.7. The molecular weight excluding hydrogens is 456 g/mol. The summed E-state index contributed by atoms with van der Waals surface area (Å²) in [7, 11) is 0. The normalized spacial score (nSPS) is 57.9. The summed E-state index contributed by atoms with van der Waals surface area (Å²) in [4.78, 5) is 27.1. The molecule has 3 spiro atoms. The third kappa shape index (κ3) is 1.98. The molecule has 0 aromatic heterocycles. The summed E-state index contributed by atoms with van der Waals surface area (Å²) in [5.41, 5.74) is 0.807. The molecule has 0 aromatic carbocycles. The number of aliphatic hydroxyl groups is 1. The van der Waals surface area contributed by atoms with E-state index in [0.29, 0.717) is 24.8 Å². The number of epoxide rings is 1. The van der Waals surface area contributed by atoms with Crippen molar-refractivity contribution in [1.82, 2.24) is 0 Å². The van der Waals surface area contributed by atoms with Crippen LogP contribution >= 0.6 is 0 Å². The SMILES string of the molecule is C=C1C(=O)O[C@@H]2C3=C(C)[C@@H]4C[C@@]3([C@@](C)(O)CC[C@@H]12)[C@@]1(C4)C(=O)O[C@H]2[C@H]1CC[C@]1(C)O[C@@]13CC=C(C)[C@H]23. The van der Waals surface area contributed by atoms with E-state index in [0.717, 1.165) is 31.3 Å². The molecular formula is C30H36O6. The van der Waals surface area contributed by atoms with Crippen LogP contribution in [-0.2, 0) is 23.8 Å². The van der Waals surface area contributed by atoms with Crippen LogP contribution in [0, 0.1) is 34.5 Å². The quantitative estimate of drug-likeness (QED) is 0.236. The van der Waals surface area contributed by atoms with E-state index >= 15 is 0 Å². The van der Waals surface area contributed by atoms with Crippen molar-refractivity contribution in [2.45, 2.75) is 102 Å². The molecule has 6 nitrogen and oxygen atoms in total. The molecule has 2 bridgehead atoms. The summed E-state index contributed by atoms with van der Waals surface area (Å²) in [5, 5.41) is 12.4. The second kappa shape index (κ2) is 6.04. The minimum atomic E-state index is -1.12. The third-order valence-electron chi connectivity index (χ3n) is 12.7. The smallest absolute Gasteiger partial charge is 0.334 e. The van der Waals surface area contributed by atoms with Gasteiger partial charge in [0.15, 0.2) is 0 Å². The fourth-order valence-electron chi connectivity index (χ4n) is 11.1. The lowest BCUT2D eigenvalue weighted by molar-refractivity contribution is -0.169. The average Bonchev–Trinajstić information content (AvgIpc) is 3.21. The number of ether oxygens (including phenoxy) is 3. The van der Waals surface area contributed by atoms with Crippen LogP contribution in [0.5, 0.6) is 0 Å². The Morgan fingerprint density at radius 3 is 2.64 bits per heavy atom. The van der Waals surface area contributed by atoms with Crippen LogP contribution in [0.4, 0.5) is 0 Å². The fourth-order valence-corrected chi connectivity index (χ4v) is 11.1. The highest BCUT2D eigenvalue weighted by Gasteiger charge is 2.84. The van der Waals surface area contributed by atoms with E-state index in [1.54, 1.807) is 0 Å². The number of allylic oxidation sites excluding steroid dienone is 1. The lowest BCUT2D eigenvalue weighted by atomic mass is 9.48. The number of rotatable bonds is 0. The van der Waals surface area contributed by atoms with Gasteiger partial charge in [0, 0.05) is 28.7 Å². The van der Waals surface area contributed by atoms with Crippen LogP contribution in [0.1, 0.15) is 72.6 Å². The Bertz CT molecular complexity index is 1240. The number of hydrogen-bond donors (Lipinski definition) is 1. The van der Waals surface area contributed by atoms with Gasteiger partial charge in [-0.25, -0.2) is 4.79 Å². The topological polar surface area (TPSA) is 85.4 Å². The maximum atomic E-state index is 14.4. The molecule has 8 aliphatic rings. The van der Waals surface area contributed by atoms with Crippen LogP contribution in [-0.4, -0.2) is 46.1 Å². The van der Waals surface area contributed by atoms with Gasteiger partial charge in [-0.15, -0.1) is 0 Å². The molecule has 0 unspecified atom stereocenters. The standard InChI is InChI=1S/C30H36O6/c1-14-6-11-30-20(14)23-19(8-10-27(30,5)36-30)28(25(32)35-23)12-17-13-29(28)21(15(17)2)22-18(7-9-26(29,4)33)16(3)24(31)34-22/h6,17-20,22-23,33H,3,7-13H2,1-2,4-5H3/t17-,18-,19+,20+,22-,23-,26-,27-,28+,29+,30+/m0/s1. The maximum absolute atomic E-state index is 14.4. The molecule has 6 heteroatoms. The van der Waals surface area contributed by atoms with E-state index < -0.39 is 22.5 Å². The highest BCUT2D eigenvalue weighted by atomic mass is 16.6. The fraction of sp³-hybridized carbons (Fsp3) is 0.733. The lowest BCUT2D eigenvalue weighted by Crippen LogP contribution is -2.60. The Hall–Kier alpha value is -1.92. The molecule has 192 valence electrons. The molecule has 0 amide bonds. The summed E-state index contributed by atoms with van der Waals surface area (Å²) < 4.78 is 19.0. The first-order valence-electron chi connectivity index (χ1n) is 13.9. The molecule has 0 aromatic rings. The van der Waals surface area contributed by atoms with Gasteiger partial charge in [0.1, 0.15) is 17.8 Å². The number of carbonyl (C=O) groups excluding carboxylic acids is 2. The summed E-state index contributed by atoms with van der Waals surface area (Å²) in [6.07, 6.45) is 6.79. The maximum Gasteiger partial charge on any atom is 0.334 e. The van der Waals surface area contributed by atoms with E-state index in [9.17, 15) is 14.7 Å². The number of carbonyl (C=O) groups is 2. The number of hydrogen-bond acceptors (Lipinski definition) is 6. The highest BCUT2D eigenvalue weighted by molar-refractivity contribution is 5.92. The molecule has 1 N–H and O–H groups in total. The molecule has 3 saturated heterocycles. The average molecular weight is 493 g/mol. The summed E-state index contributed by atoms with van der Waals surface area (Å²) in [6, 6.07) is 0. The molecule has 5 aliphatic carbocycles. The Morgan fingerprint density at radius 1 is 1.08 bits per heavy atom. The lowest BCUT2D eigenvalue weighted by Gasteiger charge is -2.54. The van der Waals surface area contributed by atoms with Crippen LogP contribution in [0.25, 0.3) is 0 Å². The van der Waals surface area contributed by atoms with E-state index in [2.05, 4.69) is 33.4 Å². The van der Waals surface area contributed by atoms with Gasteiger partial charge in [0.25, 0.3) is 0 Å². The van der Waals surface area contributed by atoms with Crippen molar-refractivity contribution in [2.24, 2.45) is 34.5 Å². The first kappa shape index (κ1) is 22.1. The van der Waals surface area contributed by atoms with E-state index in [1.165, 1.54) is 11.1 Å². The molecule has 36 heavy (non-hydrogen) atoms. The van der Waals surface area contributed by atoms with Crippen LogP contribution < -0.4 is 0 Å². The zero-order chi connectivity index (χ0) is 25.2. The molecule has 0 radical (unpaired) electrons. The largest absolute Gasteiger partial charge is 0.461 e. The number of fused-ring (bicyclic) bond motifs is 6. The second-order valence-corrected chi connectivity index (χ2v) is 13.7. The van der Waals surface area contributed by atoms with Crippen molar-refractivity contribution in [3.8, 4) is 0 Å². The predicted octanol–water partition coefficient (Wildman–Crippen LogP) is 4.17. The van der Waals surface area contributed by atoms with Crippen molar-refractivity contribution >= 4 is 11.9 Å². The summed E-state index contributed by atoms with van der Waals surface area (Å²) in [6.45, 7) is 12.5. The Kier molecular flexibility index (Phi) is 3.71. The Balaban J connectivity index is 1.34. The van der Waals surface area contributed by atoms with Gasteiger partial charge in [-0.2, -0.15) is 0 Å². The van der Waals surface area contributed by atoms with Crippen molar-refractivity contribution < 1.29 is 28.9 Å². The van der Waals surface area contributed by atoms with Gasteiger partial charge in [0.2, 0.25) is 0 Å². The minimum absolute atomic E-state index is 0.00187. The predicted molar refractivity (Wildman–Crippen MR) is 129 cm³/mol. The van der Waals surface area contributed by atoms with Gasteiger partial charge in [-0.3, -0.25) is 4.79 Å². The second-order valence-electron chi connectivity index (χ2n) is 13.7. The zero-order valence-electron chi connectivity index (χ0n) is 21.7. The van der Waals surface area contributed by atoms with Crippen LogP contribution in [0.15, 0.2) is 34.9 Å². The van der Waals surface area contributed by atoms with E-state index in [-0.39, 0.29) is 52.9 Å². The molecule has 3 heterocycles. The van der Waals surface area contributed by atoms with Crippen molar-refractivity contribution in [3.63, 3.8) is 0 Å². The van der Waals surface area contributed by atoms with Gasteiger partial charge in [-0.1, -0.05) is 23.8 Å². The molecule has 8 rings (SSSR count). The highest BCUT2D eigenvalue weighted by Crippen LogP contribution is 2.80. The van der Waals surface area contributed by atoms with Crippen molar-refractivity contribution in [1.29, 1.82) is 0 Å². The van der Waals surface area contributed by atoms with Gasteiger partial charge in [-0.05, 0) is 84.1 Å². The zero-order valence-corrected chi connectivity index (χ0v) is 21.7. The van der Waals surface area contributed by atoms with Crippen molar-refractivity contribution in [3.05, 3.63) is 34.9 Å². The van der Waals surface area contributed by atoms with E-state index in [1.807, 2.05) is 6.92 Å². The summed E-state index contributed by atoms with van der Waals surface area (Å²) >= 11 is 0. The van der Waals surface area contributed by atoms with Crippen LogP contribution in [0.2, 0.25) is 0 Å². The van der Waals surface area contributed by atoms with Gasteiger partial charge >= 0.3 is 11.9 Å². The van der Waals surface area contributed by atoms with E-state index in [4.69, 9.17) is 14.2 Å². The van der Waals surface area contributed by atoms with Crippen LogP contribution in [0.3, 0.4) is 0 Å². The van der Waals surface area contributed by atoms with Gasteiger partial charge < -0.3 is 19.3 Å². The number of esters is 2. The van der Waals surface area contributed by atoms with Crippen molar-refractivity contribution in [2.75, 3.05) is 0 Å². The summed E-state index contributed by atoms with van der Waals surface area (Å²) in [5.74, 6) is -0.379. The van der Waals surface area contributed by atoms with Gasteiger partial charge in [0.05, 0.1) is 16.6 Å². The Labute approximate surface area is 212 Å².